The van der Waals surface area contributed by atoms with Gasteiger partial charge < -0.3 is 15.7 Å². The molecule has 11 heteroatoms. The number of aromatic hydroxyl groups is 1. The van der Waals surface area contributed by atoms with Gasteiger partial charge >= 0.3 is 0 Å². The molecule has 7 nitrogen and oxygen atoms in total. The minimum absolute atomic E-state index is 0.0141. The van der Waals surface area contributed by atoms with Gasteiger partial charge in [-0.1, -0.05) is 53.9 Å². The van der Waals surface area contributed by atoms with Crippen molar-refractivity contribution in [1.82, 2.24) is 0 Å². The van der Waals surface area contributed by atoms with Crippen LogP contribution < -0.4 is 10.6 Å². The van der Waals surface area contributed by atoms with Crippen LogP contribution in [-0.2, 0) is 14.6 Å². The van der Waals surface area contributed by atoms with Gasteiger partial charge in [0.25, 0.3) is 5.91 Å². The first-order valence-corrected chi connectivity index (χ1v) is 13.0. The molecule has 0 aliphatic heterocycles. The summed E-state index contributed by atoms with van der Waals surface area (Å²) in [6.07, 6.45) is 0.0141. The number of halogens is 3. The molecule has 35 heavy (non-hydrogen) atoms. The maximum Gasteiger partial charge on any atom is 0.257 e. The van der Waals surface area contributed by atoms with Gasteiger partial charge in [-0.05, 0) is 55.3 Å². The fourth-order valence-corrected chi connectivity index (χ4v) is 5.65. The molecule has 0 spiro atoms. The third-order valence-corrected chi connectivity index (χ3v) is 8.21. The number of phenols is 1. The lowest BCUT2D eigenvalue weighted by molar-refractivity contribution is -0.115. The largest absolute Gasteiger partial charge is 0.506 e. The van der Waals surface area contributed by atoms with E-state index in [4.69, 9.17) is 34.8 Å². The van der Waals surface area contributed by atoms with Crippen molar-refractivity contribution >= 4 is 67.8 Å². The van der Waals surface area contributed by atoms with Crippen LogP contribution in [0.2, 0.25) is 15.1 Å². The maximum atomic E-state index is 13.0. The molecule has 0 aromatic heterocycles. The Morgan fingerprint density at radius 1 is 0.943 bits per heavy atom. The number of benzene rings is 3. The number of carbonyl (C=O) groups excluding carboxylic acids is 2. The number of carbonyl (C=O) groups is 2. The first kappa shape index (κ1) is 26.8. The number of rotatable bonds is 7. The molecule has 0 saturated carbocycles. The van der Waals surface area contributed by atoms with Crippen LogP contribution in [0.25, 0.3) is 0 Å². The molecule has 3 rings (SSSR count). The SMILES string of the molecule is CCC(C(=O)Nc1cc(O)c(NC(=O)c2cc(Cl)ccc2Cl)cc1Cl)S(=O)(=O)c1cccc(C)c1. The van der Waals surface area contributed by atoms with E-state index in [0.717, 1.165) is 11.6 Å². The first-order chi connectivity index (χ1) is 16.4. The van der Waals surface area contributed by atoms with Crippen molar-refractivity contribution in [2.75, 3.05) is 10.6 Å². The molecule has 0 aliphatic carbocycles. The number of sulfone groups is 1. The fourth-order valence-electron chi connectivity index (χ4n) is 3.33. The highest BCUT2D eigenvalue weighted by Crippen LogP contribution is 2.35. The number of hydrogen-bond acceptors (Lipinski definition) is 5. The molecule has 3 aromatic rings. The van der Waals surface area contributed by atoms with E-state index in [0.29, 0.717) is 5.02 Å². The molecule has 184 valence electrons. The van der Waals surface area contributed by atoms with Crippen LogP contribution in [0, 0.1) is 6.92 Å². The number of nitrogens with one attached hydrogen (secondary N) is 2. The van der Waals surface area contributed by atoms with Gasteiger partial charge in [0, 0.05) is 11.1 Å². The fraction of sp³-hybridized carbons (Fsp3) is 0.167. The number of amides is 2. The van der Waals surface area contributed by atoms with Gasteiger partial charge in [-0.25, -0.2) is 8.42 Å². The summed E-state index contributed by atoms with van der Waals surface area (Å²) in [6, 6.07) is 13.0. The Bertz CT molecular complexity index is 1410. The molecule has 0 fully saturated rings. The summed E-state index contributed by atoms with van der Waals surface area (Å²) < 4.78 is 26.1. The second kappa shape index (κ2) is 10.9. The average molecular weight is 556 g/mol. The molecular weight excluding hydrogens is 535 g/mol. The minimum atomic E-state index is -3.98. The van der Waals surface area contributed by atoms with Crippen LogP contribution in [0.4, 0.5) is 11.4 Å². The predicted molar refractivity (Wildman–Crippen MR) is 139 cm³/mol. The summed E-state index contributed by atoms with van der Waals surface area (Å²) in [4.78, 5) is 25.5. The zero-order chi connectivity index (χ0) is 25.9. The highest BCUT2D eigenvalue weighted by Gasteiger charge is 2.33. The van der Waals surface area contributed by atoms with E-state index < -0.39 is 32.7 Å². The second-order valence-corrected chi connectivity index (χ2v) is 11.1. The molecule has 0 aliphatic rings. The van der Waals surface area contributed by atoms with E-state index in [1.165, 1.54) is 36.4 Å². The summed E-state index contributed by atoms with van der Waals surface area (Å²) in [5.41, 5.74) is 0.754. The maximum absolute atomic E-state index is 13.0. The van der Waals surface area contributed by atoms with Crippen molar-refractivity contribution in [2.24, 2.45) is 0 Å². The van der Waals surface area contributed by atoms with Gasteiger partial charge in [0.15, 0.2) is 9.84 Å². The van der Waals surface area contributed by atoms with Crippen molar-refractivity contribution in [1.29, 1.82) is 0 Å². The molecule has 0 heterocycles. The molecular formula is C24H21Cl3N2O5S. The number of aryl methyl sites for hydroxylation is 1. The average Bonchev–Trinajstić information content (AvgIpc) is 2.79. The molecule has 0 saturated heterocycles. The smallest absolute Gasteiger partial charge is 0.257 e. The van der Waals surface area contributed by atoms with Crippen LogP contribution >= 0.6 is 34.8 Å². The van der Waals surface area contributed by atoms with Crippen molar-refractivity contribution in [3.8, 4) is 5.75 Å². The zero-order valence-corrected chi connectivity index (χ0v) is 21.7. The van der Waals surface area contributed by atoms with E-state index in [1.807, 2.05) is 0 Å². The Morgan fingerprint density at radius 2 is 1.66 bits per heavy atom. The minimum Gasteiger partial charge on any atom is -0.506 e. The number of hydrogen-bond donors (Lipinski definition) is 3. The van der Waals surface area contributed by atoms with E-state index in [1.54, 1.807) is 26.0 Å². The normalized spacial score (nSPS) is 12.1. The van der Waals surface area contributed by atoms with Crippen LogP contribution in [0.1, 0.15) is 29.3 Å². The summed E-state index contributed by atoms with van der Waals surface area (Å²) in [5, 5.41) is 14.4. The Kier molecular flexibility index (Phi) is 8.33. The Balaban J connectivity index is 1.83. The summed E-state index contributed by atoms with van der Waals surface area (Å²) in [6.45, 7) is 3.33. The lowest BCUT2D eigenvalue weighted by atomic mass is 10.2. The molecule has 0 radical (unpaired) electrons. The van der Waals surface area contributed by atoms with Crippen molar-refractivity contribution in [3.05, 3.63) is 80.8 Å². The zero-order valence-electron chi connectivity index (χ0n) is 18.6. The Hall–Kier alpha value is -2.78. The Morgan fingerprint density at radius 3 is 2.31 bits per heavy atom. The van der Waals surface area contributed by atoms with E-state index in [-0.39, 0.29) is 38.3 Å². The first-order valence-electron chi connectivity index (χ1n) is 10.3. The van der Waals surface area contributed by atoms with Gasteiger partial charge in [0.05, 0.1) is 31.9 Å². The standard InChI is InChI=1S/C24H21Cl3N2O5S/c1-3-22(35(33,34)15-6-4-5-13(2)9-15)24(32)28-19-12-21(30)20(11-18(19)27)29-23(31)16-10-14(25)7-8-17(16)26/h4-12,22,30H,3H2,1-2H3,(H,28,32)(H,29,31). The van der Waals surface area contributed by atoms with Crippen LogP contribution in [0.5, 0.6) is 5.75 Å². The quantitative estimate of drug-likeness (QED) is 0.305. The third kappa shape index (κ3) is 6.08. The van der Waals surface area contributed by atoms with Crippen molar-refractivity contribution in [3.63, 3.8) is 0 Å². The summed E-state index contributed by atoms with van der Waals surface area (Å²) >= 11 is 18.2. The molecule has 0 bridgehead atoms. The van der Waals surface area contributed by atoms with Crippen LogP contribution in [0.3, 0.4) is 0 Å². The molecule has 2 amide bonds. The monoisotopic (exact) mass is 554 g/mol. The van der Waals surface area contributed by atoms with Crippen LogP contribution in [0.15, 0.2) is 59.5 Å². The van der Waals surface area contributed by atoms with Gasteiger partial charge in [-0.2, -0.15) is 0 Å². The lowest BCUT2D eigenvalue weighted by Gasteiger charge is -2.18. The topological polar surface area (TPSA) is 113 Å². The molecule has 1 atom stereocenters. The van der Waals surface area contributed by atoms with E-state index in [2.05, 4.69) is 10.6 Å². The lowest BCUT2D eigenvalue weighted by Crippen LogP contribution is -2.34. The van der Waals surface area contributed by atoms with E-state index >= 15 is 0 Å². The highest BCUT2D eigenvalue weighted by atomic mass is 35.5. The number of phenolic OH excluding ortho intramolecular Hbond substituents is 1. The van der Waals surface area contributed by atoms with Gasteiger partial charge in [0.2, 0.25) is 5.91 Å². The third-order valence-electron chi connectivity index (χ3n) is 5.12. The molecule has 3 aromatic carbocycles. The predicted octanol–water partition coefficient (Wildman–Crippen LogP) is 6.10. The van der Waals surface area contributed by atoms with Crippen LogP contribution in [-0.4, -0.2) is 30.6 Å². The van der Waals surface area contributed by atoms with Gasteiger partial charge in [-0.15, -0.1) is 0 Å². The summed E-state index contributed by atoms with van der Waals surface area (Å²) in [5.74, 6) is -1.86. The van der Waals surface area contributed by atoms with Crippen molar-refractivity contribution in [2.45, 2.75) is 30.4 Å². The van der Waals surface area contributed by atoms with Gasteiger partial charge in [0.1, 0.15) is 11.0 Å². The Labute approximate surface area is 217 Å². The molecule has 3 N–H and O–H groups in total. The van der Waals surface area contributed by atoms with Crippen molar-refractivity contribution < 1.29 is 23.1 Å². The van der Waals surface area contributed by atoms with E-state index in [9.17, 15) is 23.1 Å². The van der Waals surface area contributed by atoms with Gasteiger partial charge in [-0.3, -0.25) is 9.59 Å². The number of anilines is 2. The highest BCUT2D eigenvalue weighted by molar-refractivity contribution is 7.92. The molecule has 1 unspecified atom stereocenters. The second-order valence-electron chi connectivity index (χ2n) is 7.68. The summed E-state index contributed by atoms with van der Waals surface area (Å²) in [7, 11) is -3.98.